The van der Waals surface area contributed by atoms with Gasteiger partial charge in [0.1, 0.15) is 6.10 Å². The van der Waals surface area contributed by atoms with E-state index in [0.717, 1.165) is 36.2 Å². The minimum absolute atomic E-state index is 0. The molecule has 0 aliphatic carbocycles. The highest BCUT2D eigenvalue weighted by molar-refractivity contribution is 14.0. The smallest absolute Gasteiger partial charge is 0.194 e. The van der Waals surface area contributed by atoms with Crippen LogP contribution in [0.1, 0.15) is 21.6 Å². The van der Waals surface area contributed by atoms with Gasteiger partial charge in [0.05, 0.1) is 30.9 Å². The summed E-state index contributed by atoms with van der Waals surface area (Å²) in [6.45, 7) is 5.04. The normalized spacial score (nSPS) is 18.4. The fourth-order valence-electron chi connectivity index (χ4n) is 2.64. The number of halogens is 1. The largest absolute Gasteiger partial charge is 0.370 e. The van der Waals surface area contributed by atoms with Gasteiger partial charge in [0, 0.05) is 43.5 Å². The topological polar surface area (TPSA) is 67.6 Å². The lowest BCUT2D eigenvalue weighted by Gasteiger charge is -2.34. The molecule has 132 valence electrons. The van der Waals surface area contributed by atoms with E-state index >= 15 is 0 Å². The second-order valence-electron chi connectivity index (χ2n) is 5.50. The van der Waals surface area contributed by atoms with Crippen molar-refractivity contribution in [1.29, 1.82) is 0 Å². The lowest BCUT2D eigenvalue weighted by molar-refractivity contribution is -0.00804. The van der Waals surface area contributed by atoms with E-state index in [9.17, 15) is 0 Å². The summed E-state index contributed by atoms with van der Waals surface area (Å²) in [5.41, 5.74) is 1.10. The van der Waals surface area contributed by atoms with Gasteiger partial charge in [0.25, 0.3) is 0 Å². The van der Waals surface area contributed by atoms with E-state index in [0.29, 0.717) is 6.61 Å². The molecule has 3 heterocycles. The number of nitrogens with one attached hydrogen (secondary N) is 1. The van der Waals surface area contributed by atoms with Crippen molar-refractivity contribution in [3.63, 3.8) is 0 Å². The number of nitrogens with zero attached hydrogens (tertiary/aromatic N) is 5. The minimum Gasteiger partial charge on any atom is -0.370 e. The van der Waals surface area contributed by atoms with Crippen molar-refractivity contribution in [3.05, 3.63) is 34.0 Å². The van der Waals surface area contributed by atoms with Gasteiger partial charge >= 0.3 is 0 Å². The zero-order chi connectivity index (χ0) is 16.2. The SMILES string of the molecule is CN=C(NCc1cnc(C)s1)N1CCOC(c2cnn(C)c2)C1.I. The maximum atomic E-state index is 5.88. The number of ether oxygens (including phenoxy) is 1. The maximum Gasteiger partial charge on any atom is 0.194 e. The summed E-state index contributed by atoms with van der Waals surface area (Å²) in [6, 6.07) is 0. The maximum absolute atomic E-state index is 5.88. The molecule has 1 fully saturated rings. The summed E-state index contributed by atoms with van der Waals surface area (Å²) in [5.74, 6) is 0.897. The van der Waals surface area contributed by atoms with Crippen LogP contribution < -0.4 is 5.32 Å². The fourth-order valence-corrected chi connectivity index (χ4v) is 3.37. The molecule has 0 spiro atoms. The molecule has 0 amide bonds. The van der Waals surface area contributed by atoms with E-state index in [-0.39, 0.29) is 30.1 Å². The van der Waals surface area contributed by atoms with Crippen molar-refractivity contribution >= 4 is 41.3 Å². The van der Waals surface area contributed by atoms with Crippen LogP contribution in [0.15, 0.2) is 23.6 Å². The molecule has 0 aromatic carbocycles. The monoisotopic (exact) mass is 462 g/mol. The van der Waals surface area contributed by atoms with Crippen LogP contribution in [0, 0.1) is 6.92 Å². The Morgan fingerprint density at radius 3 is 2.96 bits per heavy atom. The number of guanidine groups is 1. The lowest BCUT2D eigenvalue weighted by Crippen LogP contribution is -2.47. The van der Waals surface area contributed by atoms with Crippen LogP contribution in [0.4, 0.5) is 0 Å². The number of rotatable bonds is 3. The van der Waals surface area contributed by atoms with E-state index < -0.39 is 0 Å². The highest BCUT2D eigenvalue weighted by atomic mass is 127. The molecule has 0 radical (unpaired) electrons. The van der Waals surface area contributed by atoms with Gasteiger partial charge in [-0.15, -0.1) is 35.3 Å². The number of aryl methyl sites for hydroxylation is 2. The molecule has 1 aliphatic rings. The Labute approximate surface area is 163 Å². The predicted octanol–water partition coefficient (Wildman–Crippen LogP) is 1.95. The number of hydrogen-bond acceptors (Lipinski definition) is 5. The van der Waals surface area contributed by atoms with Crippen LogP contribution in [0.25, 0.3) is 0 Å². The molecule has 2 aromatic heterocycles. The van der Waals surface area contributed by atoms with Gasteiger partial charge in [0.15, 0.2) is 5.96 Å². The van der Waals surface area contributed by atoms with Crippen LogP contribution in [-0.4, -0.2) is 52.4 Å². The molecule has 1 saturated heterocycles. The van der Waals surface area contributed by atoms with Gasteiger partial charge in [0.2, 0.25) is 0 Å². The molecule has 7 nitrogen and oxygen atoms in total. The Kier molecular flexibility index (Phi) is 6.99. The molecule has 2 aromatic rings. The zero-order valence-corrected chi connectivity index (χ0v) is 17.2. The summed E-state index contributed by atoms with van der Waals surface area (Å²) in [6.07, 6.45) is 5.81. The molecule has 3 rings (SSSR count). The van der Waals surface area contributed by atoms with Gasteiger partial charge in [-0.05, 0) is 6.92 Å². The molecule has 24 heavy (non-hydrogen) atoms. The Morgan fingerprint density at radius 1 is 1.50 bits per heavy atom. The van der Waals surface area contributed by atoms with Crippen molar-refractivity contribution in [2.45, 2.75) is 19.6 Å². The summed E-state index contributed by atoms with van der Waals surface area (Å²) < 4.78 is 7.69. The molecular weight excluding hydrogens is 439 g/mol. The van der Waals surface area contributed by atoms with Crippen LogP contribution in [0.2, 0.25) is 0 Å². The Bertz CT molecular complexity index is 685. The van der Waals surface area contributed by atoms with Crippen LogP contribution in [0.3, 0.4) is 0 Å². The van der Waals surface area contributed by atoms with Crippen molar-refractivity contribution in [3.8, 4) is 0 Å². The second-order valence-corrected chi connectivity index (χ2v) is 6.82. The highest BCUT2D eigenvalue weighted by Gasteiger charge is 2.25. The first kappa shape index (κ1) is 19.1. The van der Waals surface area contributed by atoms with Gasteiger partial charge in [-0.2, -0.15) is 5.10 Å². The molecule has 1 aliphatic heterocycles. The molecule has 0 saturated carbocycles. The number of morpholine rings is 1. The standard InChI is InChI=1S/C15H22N6OS.HI/c1-11-17-7-13(23-11)8-18-15(16-2)21-4-5-22-14(10-21)12-6-19-20(3)9-12;/h6-7,9,14H,4-5,8,10H2,1-3H3,(H,16,18);1H. The minimum atomic E-state index is 0. The number of aromatic nitrogens is 3. The van der Waals surface area contributed by atoms with Gasteiger partial charge in [-0.1, -0.05) is 0 Å². The molecule has 9 heteroatoms. The number of aliphatic imine (C=N–C) groups is 1. The van der Waals surface area contributed by atoms with Gasteiger partial charge < -0.3 is 15.0 Å². The summed E-state index contributed by atoms with van der Waals surface area (Å²) >= 11 is 1.70. The Hall–Kier alpha value is -1.20. The average Bonchev–Trinajstić information content (AvgIpc) is 3.17. The third kappa shape index (κ3) is 4.67. The van der Waals surface area contributed by atoms with Crippen molar-refractivity contribution in [2.75, 3.05) is 26.7 Å². The Balaban J connectivity index is 0.00000208. The van der Waals surface area contributed by atoms with E-state index in [1.807, 2.05) is 39.6 Å². The van der Waals surface area contributed by atoms with E-state index in [1.54, 1.807) is 16.0 Å². The van der Waals surface area contributed by atoms with Crippen molar-refractivity contribution in [1.82, 2.24) is 25.0 Å². The molecule has 1 N–H and O–H groups in total. The molecule has 1 atom stereocenters. The average molecular weight is 462 g/mol. The quantitative estimate of drug-likeness (QED) is 0.429. The first-order chi connectivity index (χ1) is 11.2. The lowest BCUT2D eigenvalue weighted by atomic mass is 10.1. The third-order valence-electron chi connectivity index (χ3n) is 3.76. The first-order valence-electron chi connectivity index (χ1n) is 7.62. The summed E-state index contributed by atoms with van der Waals surface area (Å²) in [7, 11) is 3.73. The Morgan fingerprint density at radius 2 is 2.33 bits per heavy atom. The summed E-state index contributed by atoms with van der Waals surface area (Å²) in [4.78, 5) is 12.1. The van der Waals surface area contributed by atoms with Gasteiger partial charge in [-0.3, -0.25) is 9.67 Å². The molecular formula is C15H23IN6OS. The van der Waals surface area contributed by atoms with E-state index in [4.69, 9.17) is 4.74 Å². The first-order valence-corrected chi connectivity index (χ1v) is 8.44. The zero-order valence-electron chi connectivity index (χ0n) is 14.1. The summed E-state index contributed by atoms with van der Waals surface area (Å²) in [5, 5.41) is 8.73. The number of hydrogen-bond donors (Lipinski definition) is 1. The molecule has 1 unspecified atom stereocenters. The van der Waals surface area contributed by atoms with E-state index in [2.05, 4.69) is 25.3 Å². The number of thiazole rings is 1. The second kappa shape index (κ2) is 8.77. The highest BCUT2D eigenvalue weighted by Crippen LogP contribution is 2.21. The van der Waals surface area contributed by atoms with Crippen LogP contribution in [0.5, 0.6) is 0 Å². The molecule has 0 bridgehead atoms. The fraction of sp³-hybridized carbons (Fsp3) is 0.533. The third-order valence-corrected chi connectivity index (χ3v) is 4.68. The van der Waals surface area contributed by atoms with Crippen LogP contribution >= 0.6 is 35.3 Å². The van der Waals surface area contributed by atoms with Crippen molar-refractivity contribution < 1.29 is 4.74 Å². The predicted molar refractivity (Wildman–Crippen MR) is 106 cm³/mol. The van der Waals surface area contributed by atoms with Crippen LogP contribution in [-0.2, 0) is 18.3 Å². The van der Waals surface area contributed by atoms with Gasteiger partial charge in [-0.25, -0.2) is 4.98 Å². The van der Waals surface area contributed by atoms with E-state index in [1.165, 1.54) is 4.88 Å². The van der Waals surface area contributed by atoms with Crippen molar-refractivity contribution in [2.24, 2.45) is 12.0 Å².